The maximum atomic E-state index is 12.5. The van der Waals surface area contributed by atoms with Gasteiger partial charge in [0, 0.05) is 6.54 Å². The van der Waals surface area contributed by atoms with Gasteiger partial charge in [0.2, 0.25) is 0 Å². The Morgan fingerprint density at radius 3 is 1.95 bits per heavy atom. The summed E-state index contributed by atoms with van der Waals surface area (Å²) in [6, 6.07) is 3.62. The number of ether oxygens (including phenoxy) is 7. The van der Waals surface area contributed by atoms with E-state index in [0.717, 1.165) is 12.8 Å². The molecular formula is C27H41NO11. The second-order valence-electron chi connectivity index (χ2n) is 8.77. The van der Waals surface area contributed by atoms with Gasteiger partial charge in [-0.05, 0) is 57.2 Å². The van der Waals surface area contributed by atoms with Crippen LogP contribution in [-0.4, -0.2) is 69.6 Å². The van der Waals surface area contributed by atoms with Crippen molar-refractivity contribution in [2.24, 2.45) is 0 Å². The van der Waals surface area contributed by atoms with Crippen LogP contribution >= 0.6 is 0 Å². The van der Waals surface area contributed by atoms with E-state index in [1.54, 1.807) is 19.9 Å². The first kappa shape index (κ1) is 33.5. The Labute approximate surface area is 229 Å². The Morgan fingerprint density at radius 2 is 1.38 bits per heavy atom. The van der Waals surface area contributed by atoms with Crippen molar-refractivity contribution >= 4 is 24.4 Å². The lowest BCUT2D eigenvalue weighted by molar-refractivity contribution is -0.143. The van der Waals surface area contributed by atoms with Crippen molar-refractivity contribution in [1.82, 2.24) is 5.32 Å². The van der Waals surface area contributed by atoms with E-state index in [2.05, 4.69) is 5.32 Å². The van der Waals surface area contributed by atoms with Crippen LogP contribution in [0.25, 0.3) is 0 Å². The minimum absolute atomic E-state index is 0.0614. The SMILES string of the molecule is CCCOC(=O)Oc1ccc(C[C@H](NCC(C)OC(=O)OC(C)CCC)C(=O)OC)cc1OC(=O)OCCC. The van der Waals surface area contributed by atoms with Crippen molar-refractivity contribution in [2.75, 3.05) is 26.9 Å². The molecule has 0 aliphatic heterocycles. The minimum atomic E-state index is -0.977. The van der Waals surface area contributed by atoms with Gasteiger partial charge in [0.25, 0.3) is 0 Å². The molecule has 0 saturated carbocycles. The lowest BCUT2D eigenvalue weighted by Crippen LogP contribution is -2.43. The van der Waals surface area contributed by atoms with Crippen molar-refractivity contribution < 1.29 is 52.3 Å². The Hall–Kier alpha value is -3.54. The summed E-state index contributed by atoms with van der Waals surface area (Å²) in [5.74, 6) is -0.713. The molecule has 0 fully saturated rings. The molecule has 39 heavy (non-hydrogen) atoms. The van der Waals surface area contributed by atoms with Gasteiger partial charge < -0.3 is 38.5 Å². The van der Waals surface area contributed by atoms with Crippen LogP contribution < -0.4 is 14.8 Å². The molecule has 0 aromatic heterocycles. The molecule has 0 saturated heterocycles. The summed E-state index contributed by atoms with van der Waals surface area (Å²) >= 11 is 0. The molecule has 2 unspecified atom stereocenters. The number of carbonyl (C=O) groups excluding carboxylic acids is 4. The second kappa shape index (κ2) is 18.7. The van der Waals surface area contributed by atoms with Crippen molar-refractivity contribution in [3.05, 3.63) is 23.8 Å². The zero-order valence-corrected chi connectivity index (χ0v) is 23.6. The lowest BCUT2D eigenvalue weighted by Gasteiger charge is -2.21. The predicted molar refractivity (Wildman–Crippen MR) is 140 cm³/mol. The van der Waals surface area contributed by atoms with Crippen molar-refractivity contribution in [2.45, 2.75) is 85.0 Å². The van der Waals surface area contributed by atoms with E-state index in [4.69, 9.17) is 33.2 Å². The molecule has 0 aliphatic carbocycles. The van der Waals surface area contributed by atoms with Crippen LogP contribution in [0.5, 0.6) is 11.5 Å². The molecule has 0 amide bonds. The average molecular weight is 556 g/mol. The summed E-state index contributed by atoms with van der Waals surface area (Å²) in [6.45, 7) is 9.53. The molecule has 1 N–H and O–H groups in total. The fraction of sp³-hybridized carbons (Fsp3) is 0.630. The van der Waals surface area contributed by atoms with Crippen LogP contribution in [0.15, 0.2) is 18.2 Å². The van der Waals surface area contributed by atoms with Crippen molar-refractivity contribution in [1.29, 1.82) is 0 Å². The van der Waals surface area contributed by atoms with Gasteiger partial charge in [-0.3, -0.25) is 4.79 Å². The van der Waals surface area contributed by atoms with E-state index in [9.17, 15) is 19.2 Å². The van der Waals surface area contributed by atoms with Gasteiger partial charge in [0.1, 0.15) is 18.2 Å². The standard InChI is InChI=1S/C27H41NO11/c1-7-10-18(4)36-27(32)37-19(5)17-28-21(24(29)33-6)15-20-11-12-22(38-25(30)34-13-8-2)23(16-20)39-26(31)35-14-9-3/h11-12,16,18-19,21,28H,7-10,13-15,17H2,1-6H3/t18?,19?,21-/m0/s1. The van der Waals surface area contributed by atoms with E-state index >= 15 is 0 Å². The fourth-order valence-corrected chi connectivity index (χ4v) is 3.24. The summed E-state index contributed by atoms with van der Waals surface area (Å²) in [4.78, 5) is 48.5. The largest absolute Gasteiger partial charge is 0.513 e. The Morgan fingerprint density at radius 1 is 0.795 bits per heavy atom. The van der Waals surface area contributed by atoms with Crippen LogP contribution in [0.2, 0.25) is 0 Å². The molecule has 0 spiro atoms. The maximum absolute atomic E-state index is 12.5. The molecule has 12 nitrogen and oxygen atoms in total. The molecule has 1 aromatic carbocycles. The van der Waals surface area contributed by atoms with Gasteiger partial charge in [0.05, 0.1) is 20.3 Å². The highest BCUT2D eigenvalue weighted by Gasteiger charge is 2.23. The van der Waals surface area contributed by atoms with Crippen LogP contribution in [0.4, 0.5) is 14.4 Å². The first-order valence-corrected chi connectivity index (χ1v) is 13.1. The zero-order chi connectivity index (χ0) is 29.2. The normalized spacial score (nSPS) is 12.9. The number of esters is 1. The van der Waals surface area contributed by atoms with E-state index in [0.29, 0.717) is 18.4 Å². The van der Waals surface area contributed by atoms with Crippen molar-refractivity contribution in [3.8, 4) is 11.5 Å². The van der Waals surface area contributed by atoms with Crippen LogP contribution in [0.1, 0.15) is 65.9 Å². The first-order chi connectivity index (χ1) is 18.6. The van der Waals surface area contributed by atoms with Gasteiger partial charge >= 0.3 is 24.4 Å². The first-order valence-electron chi connectivity index (χ1n) is 13.1. The molecule has 12 heteroatoms. The second-order valence-corrected chi connectivity index (χ2v) is 8.77. The van der Waals surface area contributed by atoms with E-state index in [1.165, 1.54) is 19.2 Å². The summed E-state index contributed by atoms with van der Waals surface area (Å²) in [5.41, 5.74) is 0.548. The number of rotatable bonds is 16. The van der Waals surface area contributed by atoms with E-state index in [-0.39, 0.29) is 43.8 Å². The fourth-order valence-electron chi connectivity index (χ4n) is 3.24. The quantitative estimate of drug-likeness (QED) is 0.167. The van der Waals surface area contributed by atoms with Crippen LogP contribution in [-0.2, 0) is 34.9 Å². The summed E-state index contributed by atoms with van der Waals surface area (Å²) in [7, 11) is 1.25. The summed E-state index contributed by atoms with van der Waals surface area (Å²) < 4.78 is 35.7. The molecule has 1 aromatic rings. The summed E-state index contributed by atoms with van der Waals surface area (Å²) in [6.07, 6.45) is -0.693. The number of methoxy groups -OCH3 is 1. The molecule has 3 atom stereocenters. The highest BCUT2D eigenvalue weighted by atomic mass is 16.7. The molecule has 0 aliphatic rings. The highest BCUT2D eigenvalue weighted by Crippen LogP contribution is 2.30. The van der Waals surface area contributed by atoms with Crippen LogP contribution in [0, 0.1) is 0 Å². The number of hydrogen-bond donors (Lipinski definition) is 1. The van der Waals surface area contributed by atoms with Crippen molar-refractivity contribution in [3.63, 3.8) is 0 Å². The number of carbonyl (C=O) groups is 4. The summed E-state index contributed by atoms with van der Waals surface area (Å²) in [5, 5.41) is 3.02. The third kappa shape index (κ3) is 13.7. The molecule has 0 bridgehead atoms. The number of nitrogens with one attached hydrogen (secondary N) is 1. The number of hydrogen-bond acceptors (Lipinski definition) is 12. The smallest absolute Gasteiger partial charge is 0.468 e. The zero-order valence-electron chi connectivity index (χ0n) is 23.6. The minimum Gasteiger partial charge on any atom is -0.468 e. The maximum Gasteiger partial charge on any atom is 0.513 e. The third-order valence-corrected chi connectivity index (χ3v) is 5.11. The van der Waals surface area contributed by atoms with Gasteiger partial charge in [-0.2, -0.15) is 0 Å². The number of benzene rings is 1. The van der Waals surface area contributed by atoms with Gasteiger partial charge in [0.15, 0.2) is 11.5 Å². The van der Waals surface area contributed by atoms with Gasteiger partial charge in [-0.1, -0.05) is 33.3 Å². The van der Waals surface area contributed by atoms with Gasteiger partial charge in [-0.25, -0.2) is 14.4 Å². The average Bonchev–Trinajstić information content (AvgIpc) is 2.89. The monoisotopic (exact) mass is 555 g/mol. The molecular weight excluding hydrogens is 514 g/mol. The Bertz CT molecular complexity index is 921. The molecule has 0 radical (unpaired) electrons. The van der Waals surface area contributed by atoms with E-state index in [1.807, 2.05) is 20.8 Å². The highest BCUT2D eigenvalue weighted by molar-refractivity contribution is 5.76. The topological polar surface area (TPSA) is 145 Å². The Balaban J connectivity index is 2.96. The molecule has 1 rings (SSSR count). The van der Waals surface area contributed by atoms with E-state index < -0.39 is 36.6 Å². The van der Waals surface area contributed by atoms with Gasteiger partial charge in [-0.15, -0.1) is 0 Å². The predicted octanol–water partition coefficient (Wildman–Crippen LogP) is 4.94. The molecule has 0 heterocycles. The third-order valence-electron chi connectivity index (χ3n) is 5.11. The lowest BCUT2D eigenvalue weighted by atomic mass is 10.0. The Kier molecular flexibility index (Phi) is 16.0. The molecule has 220 valence electrons. The van der Waals surface area contributed by atoms with Crippen LogP contribution in [0.3, 0.4) is 0 Å².